The minimum absolute atomic E-state index is 0.652. The molecule has 1 fully saturated rings. The Kier molecular flexibility index (Phi) is 2.92. The summed E-state index contributed by atoms with van der Waals surface area (Å²) in [4.78, 5) is 4.31. The van der Waals surface area contributed by atoms with Crippen LogP contribution in [0.5, 0.6) is 0 Å². The van der Waals surface area contributed by atoms with Gasteiger partial charge >= 0.3 is 0 Å². The first-order chi connectivity index (χ1) is 8.42. The number of hydrogen-bond donors (Lipinski definition) is 1. The van der Waals surface area contributed by atoms with E-state index in [1.165, 1.54) is 11.8 Å². The normalized spacial score (nSPS) is 19.6. The largest absolute Gasteiger partial charge is 0.385 e. The van der Waals surface area contributed by atoms with E-state index in [9.17, 15) is 0 Å². The van der Waals surface area contributed by atoms with E-state index >= 15 is 0 Å². The van der Waals surface area contributed by atoms with Crippen LogP contribution in [0.2, 0.25) is 0 Å². The molecule has 17 heavy (non-hydrogen) atoms. The van der Waals surface area contributed by atoms with Gasteiger partial charge in [-0.15, -0.1) is 0 Å². The van der Waals surface area contributed by atoms with Crippen LogP contribution in [0.15, 0.2) is 36.5 Å². The summed E-state index contributed by atoms with van der Waals surface area (Å²) in [5.74, 6) is 0.652. The fourth-order valence-electron chi connectivity index (χ4n) is 2.19. The molecule has 0 saturated carbocycles. The molecule has 1 atom stereocenters. The van der Waals surface area contributed by atoms with Crippen molar-refractivity contribution in [3.05, 3.63) is 36.5 Å². The van der Waals surface area contributed by atoms with Crippen molar-refractivity contribution in [2.75, 3.05) is 25.1 Å². The van der Waals surface area contributed by atoms with Crippen LogP contribution in [0.25, 0.3) is 10.9 Å². The van der Waals surface area contributed by atoms with E-state index in [0.29, 0.717) is 5.92 Å². The van der Waals surface area contributed by atoms with Gasteiger partial charge in [-0.3, -0.25) is 4.98 Å². The van der Waals surface area contributed by atoms with Crippen molar-refractivity contribution in [3.8, 4) is 0 Å². The van der Waals surface area contributed by atoms with Crippen LogP contribution in [0.1, 0.15) is 6.42 Å². The SMILES string of the molecule is c1cnc2ccc(NCC3CCOC3)cc2c1. The second-order valence-corrected chi connectivity index (χ2v) is 4.52. The molecule has 88 valence electrons. The Morgan fingerprint density at radius 2 is 2.35 bits per heavy atom. The van der Waals surface area contributed by atoms with Gasteiger partial charge in [0, 0.05) is 36.3 Å². The summed E-state index contributed by atoms with van der Waals surface area (Å²) in [7, 11) is 0. The highest BCUT2D eigenvalue weighted by atomic mass is 16.5. The van der Waals surface area contributed by atoms with Gasteiger partial charge in [0.2, 0.25) is 0 Å². The zero-order chi connectivity index (χ0) is 11.5. The lowest BCUT2D eigenvalue weighted by atomic mass is 10.1. The lowest BCUT2D eigenvalue weighted by Crippen LogP contribution is -2.13. The number of fused-ring (bicyclic) bond motifs is 1. The first-order valence-electron chi connectivity index (χ1n) is 6.08. The van der Waals surface area contributed by atoms with Crippen molar-refractivity contribution in [3.63, 3.8) is 0 Å². The highest BCUT2D eigenvalue weighted by Crippen LogP contribution is 2.18. The van der Waals surface area contributed by atoms with Gasteiger partial charge in [-0.1, -0.05) is 6.07 Å². The smallest absolute Gasteiger partial charge is 0.0703 e. The quantitative estimate of drug-likeness (QED) is 0.877. The molecular weight excluding hydrogens is 212 g/mol. The van der Waals surface area contributed by atoms with Crippen molar-refractivity contribution in [1.29, 1.82) is 0 Å². The van der Waals surface area contributed by atoms with Gasteiger partial charge in [-0.2, -0.15) is 0 Å². The summed E-state index contributed by atoms with van der Waals surface area (Å²) >= 11 is 0. The van der Waals surface area contributed by atoms with Gasteiger partial charge < -0.3 is 10.1 Å². The zero-order valence-electron chi connectivity index (χ0n) is 9.73. The standard InChI is InChI=1S/C14H16N2O/c1-2-12-8-13(3-4-14(12)15-6-1)16-9-11-5-7-17-10-11/h1-4,6,8,11,16H,5,7,9-10H2. The Hall–Kier alpha value is -1.61. The fourth-order valence-corrected chi connectivity index (χ4v) is 2.19. The number of nitrogens with one attached hydrogen (secondary N) is 1. The predicted molar refractivity (Wildman–Crippen MR) is 69.2 cm³/mol. The molecule has 0 aliphatic carbocycles. The topological polar surface area (TPSA) is 34.2 Å². The summed E-state index contributed by atoms with van der Waals surface area (Å²) in [6, 6.07) is 10.4. The number of benzene rings is 1. The average Bonchev–Trinajstić information content (AvgIpc) is 2.89. The third-order valence-electron chi connectivity index (χ3n) is 3.22. The molecule has 1 saturated heterocycles. The maximum Gasteiger partial charge on any atom is 0.0703 e. The molecular formula is C14H16N2O. The number of aromatic nitrogens is 1. The number of anilines is 1. The second-order valence-electron chi connectivity index (χ2n) is 4.52. The lowest BCUT2D eigenvalue weighted by Gasteiger charge is -2.11. The number of hydrogen-bond acceptors (Lipinski definition) is 3. The van der Waals surface area contributed by atoms with Crippen molar-refractivity contribution in [2.45, 2.75) is 6.42 Å². The van der Waals surface area contributed by atoms with Gasteiger partial charge in [-0.05, 0) is 30.7 Å². The Morgan fingerprint density at radius 3 is 3.24 bits per heavy atom. The zero-order valence-corrected chi connectivity index (χ0v) is 9.73. The Bertz CT molecular complexity index is 506. The van der Waals surface area contributed by atoms with E-state index in [-0.39, 0.29) is 0 Å². The fraction of sp³-hybridized carbons (Fsp3) is 0.357. The predicted octanol–water partition coefficient (Wildman–Crippen LogP) is 2.68. The Balaban J connectivity index is 1.72. The molecule has 1 N–H and O–H groups in total. The van der Waals surface area contributed by atoms with E-state index in [1.54, 1.807) is 0 Å². The third kappa shape index (κ3) is 2.39. The highest BCUT2D eigenvalue weighted by Gasteiger charge is 2.14. The molecule has 1 aromatic heterocycles. The van der Waals surface area contributed by atoms with Gasteiger partial charge in [0.1, 0.15) is 0 Å². The van der Waals surface area contributed by atoms with Crippen molar-refractivity contribution in [2.24, 2.45) is 5.92 Å². The van der Waals surface area contributed by atoms with Crippen LogP contribution in [0.3, 0.4) is 0 Å². The van der Waals surface area contributed by atoms with Crippen LogP contribution >= 0.6 is 0 Å². The van der Waals surface area contributed by atoms with Crippen LogP contribution < -0.4 is 5.32 Å². The van der Waals surface area contributed by atoms with Crippen LogP contribution in [-0.4, -0.2) is 24.7 Å². The van der Waals surface area contributed by atoms with E-state index in [2.05, 4.69) is 34.6 Å². The second kappa shape index (κ2) is 4.72. The molecule has 3 nitrogen and oxygen atoms in total. The minimum Gasteiger partial charge on any atom is -0.385 e. The molecule has 2 heterocycles. The van der Waals surface area contributed by atoms with E-state index in [1.807, 2.05) is 12.3 Å². The molecule has 2 aromatic rings. The average molecular weight is 228 g/mol. The maximum absolute atomic E-state index is 5.37. The Labute approximate surface area is 101 Å². The molecule has 0 spiro atoms. The molecule has 1 aliphatic heterocycles. The summed E-state index contributed by atoms with van der Waals surface area (Å²) in [5.41, 5.74) is 2.21. The maximum atomic E-state index is 5.37. The summed E-state index contributed by atoms with van der Waals surface area (Å²) < 4.78 is 5.37. The summed E-state index contributed by atoms with van der Waals surface area (Å²) in [5, 5.41) is 4.65. The first kappa shape index (κ1) is 10.5. The molecule has 3 heteroatoms. The van der Waals surface area contributed by atoms with E-state index in [0.717, 1.165) is 31.0 Å². The van der Waals surface area contributed by atoms with Crippen LogP contribution in [0.4, 0.5) is 5.69 Å². The summed E-state index contributed by atoms with van der Waals surface area (Å²) in [6.07, 6.45) is 2.99. The number of nitrogens with zero attached hydrogens (tertiary/aromatic N) is 1. The molecule has 3 rings (SSSR count). The van der Waals surface area contributed by atoms with Gasteiger partial charge in [0.15, 0.2) is 0 Å². The van der Waals surface area contributed by atoms with Gasteiger partial charge in [-0.25, -0.2) is 0 Å². The number of ether oxygens (including phenoxy) is 1. The van der Waals surface area contributed by atoms with E-state index in [4.69, 9.17) is 4.74 Å². The third-order valence-corrected chi connectivity index (χ3v) is 3.22. The molecule has 1 unspecified atom stereocenters. The molecule has 0 bridgehead atoms. The first-order valence-corrected chi connectivity index (χ1v) is 6.08. The molecule has 0 amide bonds. The lowest BCUT2D eigenvalue weighted by molar-refractivity contribution is 0.187. The highest BCUT2D eigenvalue weighted by molar-refractivity contribution is 5.82. The van der Waals surface area contributed by atoms with Crippen LogP contribution in [-0.2, 0) is 4.74 Å². The Morgan fingerprint density at radius 1 is 1.35 bits per heavy atom. The van der Waals surface area contributed by atoms with Crippen molar-refractivity contribution >= 4 is 16.6 Å². The van der Waals surface area contributed by atoms with E-state index < -0.39 is 0 Å². The number of pyridine rings is 1. The van der Waals surface area contributed by atoms with Gasteiger partial charge in [0.25, 0.3) is 0 Å². The van der Waals surface area contributed by atoms with Crippen LogP contribution in [0, 0.1) is 5.92 Å². The van der Waals surface area contributed by atoms with Crippen molar-refractivity contribution in [1.82, 2.24) is 4.98 Å². The van der Waals surface area contributed by atoms with Crippen molar-refractivity contribution < 1.29 is 4.74 Å². The number of rotatable bonds is 3. The van der Waals surface area contributed by atoms with Gasteiger partial charge in [0.05, 0.1) is 12.1 Å². The molecule has 1 aliphatic rings. The molecule has 1 aromatic carbocycles. The molecule has 0 radical (unpaired) electrons. The minimum atomic E-state index is 0.652. The monoisotopic (exact) mass is 228 g/mol. The summed E-state index contributed by atoms with van der Waals surface area (Å²) in [6.45, 7) is 2.79.